The topological polar surface area (TPSA) is 47.6 Å². The van der Waals surface area contributed by atoms with E-state index in [1.807, 2.05) is 61.5 Å². The Kier molecular flexibility index (Phi) is 4.37. The second kappa shape index (κ2) is 7.22. The molecule has 0 aliphatic carbocycles. The zero-order chi connectivity index (χ0) is 23.6. The quantitative estimate of drug-likeness (QED) is 0.329. The van der Waals surface area contributed by atoms with Crippen molar-refractivity contribution >= 4 is 17.3 Å². The molecule has 0 bridgehead atoms. The Hall–Kier alpha value is -4.05. The Balaban J connectivity index is 1.68. The van der Waals surface area contributed by atoms with E-state index in [9.17, 15) is 4.79 Å². The first-order valence-electron chi connectivity index (χ1n) is 11.5. The molecule has 0 saturated heterocycles. The van der Waals surface area contributed by atoms with Crippen molar-refractivity contribution < 1.29 is 14.3 Å². The van der Waals surface area contributed by atoms with Gasteiger partial charge in [-0.3, -0.25) is 0 Å². The molecule has 1 N–H and O–H groups in total. The summed E-state index contributed by atoms with van der Waals surface area (Å²) in [5.74, 6) is 1.06. The molecule has 1 unspecified atom stereocenters. The zero-order valence-corrected chi connectivity index (χ0v) is 19.7. The lowest BCUT2D eigenvalue weighted by Crippen LogP contribution is -2.34. The maximum Gasteiger partial charge on any atom is 0.340 e. The third-order valence-corrected chi connectivity index (χ3v) is 7.06. The molecule has 2 aliphatic heterocycles. The monoisotopic (exact) mass is 447 g/mol. The summed E-state index contributed by atoms with van der Waals surface area (Å²) in [6, 6.07) is 23.8. The number of para-hydroxylation sites is 1. The molecule has 0 aromatic heterocycles. The molecule has 1 spiro atoms. The number of anilines is 2. The number of carbonyl (C=O) groups excluding carboxylic acids is 1. The summed E-state index contributed by atoms with van der Waals surface area (Å²) in [5, 5.41) is 3.71. The van der Waals surface area contributed by atoms with Gasteiger partial charge in [-0.1, -0.05) is 48.5 Å². The van der Waals surface area contributed by atoms with Gasteiger partial charge in [0.2, 0.25) is 0 Å². The van der Waals surface area contributed by atoms with E-state index >= 15 is 0 Å². The number of esters is 1. The van der Waals surface area contributed by atoms with Crippen LogP contribution < -0.4 is 10.1 Å². The van der Waals surface area contributed by atoms with Gasteiger partial charge in [-0.2, -0.15) is 0 Å². The number of ether oxygens (including phenoxy) is 2. The van der Waals surface area contributed by atoms with Crippen molar-refractivity contribution in [3.8, 4) is 11.5 Å². The molecule has 0 radical (unpaired) electrons. The molecule has 4 aromatic rings. The summed E-state index contributed by atoms with van der Waals surface area (Å²) in [6.07, 6.45) is 0. The summed E-state index contributed by atoms with van der Waals surface area (Å²) >= 11 is 0. The molecule has 34 heavy (non-hydrogen) atoms. The lowest BCUT2D eigenvalue weighted by Gasteiger charge is -2.38. The van der Waals surface area contributed by atoms with Crippen LogP contribution in [0.1, 0.15) is 49.3 Å². The van der Waals surface area contributed by atoms with E-state index in [4.69, 9.17) is 9.47 Å². The Morgan fingerprint density at radius 1 is 0.765 bits per heavy atom. The van der Waals surface area contributed by atoms with E-state index < -0.39 is 5.60 Å². The predicted molar refractivity (Wildman–Crippen MR) is 133 cm³/mol. The molecular formula is C30H25NO3. The summed E-state index contributed by atoms with van der Waals surface area (Å²) < 4.78 is 12.8. The zero-order valence-electron chi connectivity index (χ0n) is 19.7. The summed E-state index contributed by atoms with van der Waals surface area (Å²) in [7, 11) is 0. The molecule has 1 atom stereocenters. The molecule has 2 heterocycles. The smallest absolute Gasteiger partial charge is 0.340 e. The number of rotatable bonds is 2. The molecule has 4 heteroatoms. The molecule has 6 rings (SSSR count). The number of fused-ring (bicyclic) bond motifs is 6. The molecule has 4 aromatic carbocycles. The van der Waals surface area contributed by atoms with Crippen molar-refractivity contribution in [3.05, 3.63) is 117 Å². The number of hydrogen-bond acceptors (Lipinski definition) is 4. The highest BCUT2D eigenvalue weighted by Gasteiger charge is 2.54. The number of carbonyl (C=O) groups is 1. The van der Waals surface area contributed by atoms with E-state index in [0.29, 0.717) is 17.1 Å². The third kappa shape index (κ3) is 2.75. The minimum Gasteiger partial charge on any atom is -0.456 e. The van der Waals surface area contributed by atoms with Crippen molar-refractivity contribution in [2.45, 2.75) is 33.3 Å². The number of nitrogens with one attached hydrogen (secondary N) is 1. The Labute approximate surface area is 199 Å². The summed E-state index contributed by atoms with van der Waals surface area (Å²) in [5.41, 5.74) is 8.48. The van der Waals surface area contributed by atoms with Gasteiger partial charge >= 0.3 is 5.97 Å². The molecule has 0 fully saturated rings. The minimum atomic E-state index is -1.10. The summed E-state index contributed by atoms with van der Waals surface area (Å²) in [6.45, 7) is 8.39. The Bertz CT molecular complexity index is 1500. The van der Waals surface area contributed by atoms with Crippen LogP contribution in [0, 0.1) is 27.7 Å². The van der Waals surface area contributed by atoms with Gasteiger partial charge in [-0.05, 0) is 74.2 Å². The van der Waals surface area contributed by atoms with Crippen molar-refractivity contribution in [3.63, 3.8) is 0 Å². The maximum atomic E-state index is 13.2. The molecule has 168 valence electrons. The fourth-order valence-electron chi connectivity index (χ4n) is 5.28. The third-order valence-electron chi connectivity index (χ3n) is 7.06. The van der Waals surface area contributed by atoms with Crippen LogP contribution in [0.25, 0.3) is 0 Å². The van der Waals surface area contributed by atoms with E-state index in [-0.39, 0.29) is 5.97 Å². The van der Waals surface area contributed by atoms with Crippen LogP contribution in [0.15, 0.2) is 72.8 Å². The van der Waals surface area contributed by atoms with Crippen LogP contribution in [0.5, 0.6) is 11.5 Å². The lowest BCUT2D eigenvalue weighted by molar-refractivity contribution is 0.0227. The van der Waals surface area contributed by atoms with Crippen molar-refractivity contribution in [2.24, 2.45) is 0 Å². The molecular weight excluding hydrogens is 422 g/mol. The summed E-state index contributed by atoms with van der Waals surface area (Å²) in [4.78, 5) is 13.2. The van der Waals surface area contributed by atoms with Gasteiger partial charge in [0.1, 0.15) is 11.5 Å². The van der Waals surface area contributed by atoms with Gasteiger partial charge in [0.05, 0.1) is 16.8 Å². The van der Waals surface area contributed by atoms with Crippen LogP contribution >= 0.6 is 0 Å². The van der Waals surface area contributed by atoms with E-state index in [0.717, 1.165) is 39.2 Å². The number of aryl methyl sites for hydroxylation is 3. The second-order valence-corrected chi connectivity index (χ2v) is 9.22. The minimum absolute atomic E-state index is 0.326. The maximum absolute atomic E-state index is 13.2. The number of benzene rings is 4. The Morgan fingerprint density at radius 2 is 1.47 bits per heavy atom. The SMILES string of the molecule is Cc1cc(Nc2c(C)ccc(C)c2C)c2c(c1)Oc1ccccc1C21OC(=O)c2ccccc21. The van der Waals surface area contributed by atoms with Gasteiger partial charge in [0.15, 0.2) is 5.60 Å². The van der Waals surface area contributed by atoms with Crippen LogP contribution in [0.4, 0.5) is 11.4 Å². The van der Waals surface area contributed by atoms with E-state index in [2.05, 4.69) is 44.3 Å². The van der Waals surface area contributed by atoms with Crippen LogP contribution in [-0.4, -0.2) is 5.97 Å². The first kappa shape index (κ1) is 20.5. The van der Waals surface area contributed by atoms with Crippen molar-refractivity contribution in [1.29, 1.82) is 0 Å². The first-order valence-corrected chi connectivity index (χ1v) is 11.5. The second-order valence-electron chi connectivity index (χ2n) is 9.22. The van der Waals surface area contributed by atoms with Crippen LogP contribution in [0.3, 0.4) is 0 Å². The highest BCUT2D eigenvalue weighted by atomic mass is 16.6. The fourth-order valence-corrected chi connectivity index (χ4v) is 5.28. The fraction of sp³-hybridized carbons (Fsp3) is 0.167. The van der Waals surface area contributed by atoms with Crippen molar-refractivity contribution in [2.75, 3.05) is 5.32 Å². The average molecular weight is 448 g/mol. The van der Waals surface area contributed by atoms with Crippen LogP contribution in [-0.2, 0) is 10.3 Å². The van der Waals surface area contributed by atoms with Gasteiger partial charge < -0.3 is 14.8 Å². The number of hydrogen-bond donors (Lipinski definition) is 1. The molecule has 0 saturated carbocycles. The molecule has 4 nitrogen and oxygen atoms in total. The van der Waals surface area contributed by atoms with Crippen LogP contribution in [0.2, 0.25) is 0 Å². The average Bonchev–Trinajstić information content (AvgIpc) is 3.12. The van der Waals surface area contributed by atoms with E-state index in [1.165, 1.54) is 11.1 Å². The van der Waals surface area contributed by atoms with E-state index in [1.54, 1.807) is 0 Å². The Morgan fingerprint density at radius 3 is 2.29 bits per heavy atom. The largest absolute Gasteiger partial charge is 0.456 e. The van der Waals surface area contributed by atoms with Gasteiger partial charge in [-0.15, -0.1) is 0 Å². The first-order chi connectivity index (χ1) is 16.4. The lowest BCUT2D eigenvalue weighted by atomic mass is 9.76. The highest BCUT2D eigenvalue weighted by molar-refractivity contribution is 5.97. The molecule has 2 aliphatic rings. The van der Waals surface area contributed by atoms with Gasteiger partial charge in [0.25, 0.3) is 0 Å². The highest BCUT2D eigenvalue weighted by Crippen LogP contribution is 2.58. The van der Waals surface area contributed by atoms with Gasteiger partial charge in [-0.25, -0.2) is 4.79 Å². The normalized spacial score (nSPS) is 17.5. The molecule has 0 amide bonds. The van der Waals surface area contributed by atoms with Crippen molar-refractivity contribution in [1.82, 2.24) is 0 Å². The standard InChI is InChI=1S/C30H25NO3/c1-17-15-24(31-28-19(3)14-13-18(2)20(28)4)27-26(16-17)33-25-12-8-7-11-23(25)30(27)22-10-6-5-9-21(22)29(32)34-30/h5-16,31H,1-4H3. The predicted octanol–water partition coefficient (Wildman–Crippen LogP) is 7.23. The van der Waals surface area contributed by atoms with Gasteiger partial charge in [0, 0.05) is 16.8 Å².